The van der Waals surface area contributed by atoms with Crippen LogP contribution >= 0.6 is 0 Å². The molecule has 2 aromatic rings. The summed E-state index contributed by atoms with van der Waals surface area (Å²) in [6.45, 7) is 2.08. The van der Waals surface area contributed by atoms with Crippen LogP contribution in [0.2, 0.25) is 0 Å². The molecule has 0 radical (unpaired) electrons. The zero-order valence-corrected chi connectivity index (χ0v) is 13.8. The van der Waals surface area contributed by atoms with Gasteiger partial charge in [0.2, 0.25) is 6.79 Å². The highest BCUT2D eigenvalue weighted by atomic mass is 16.7. The van der Waals surface area contributed by atoms with Crippen molar-refractivity contribution in [2.45, 2.75) is 19.8 Å². The molecule has 2 aromatic carbocycles. The molecule has 0 N–H and O–H groups in total. The average Bonchev–Trinajstić information content (AvgIpc) is 3.07. The maximum atomic E-state index is 11.9. The first-order chi connectivity index (χ1) is 12.1. The average molecular weight is 342 g/mol. The van der Waals surface area contributed by atoms with Gasteiger partial charge in [-0.15, -0.1) is 0 Å². The molecule has 1 aliphatic rings. The Morgan fingerprint density at radius 3 is 2.48 bits per heavy atom. The number of Topliss-reactive ketones (excluding diaryl/α,β-unsaturated/α-hetero) is 1. The highest BCUT2D eigenvalue weighted by molar-refractivity contribution is 5.94. The summed E-state index contributed by atoms with van der Waals surface area (Å²) in [5.41, 5.74) is 0.639. The van der Waals surface area contributed by atoms with Gasteiger partial charge in [-0.25, -0.2) is 0 Å². The second kappa shape index (κ2) is 7.70. The predicted molar refractivity (Wildman–Crippen MR) is 89.4 cm³/mol. The van der Waals surface area contributed by atoms with Crippen molar-refractivity contribution in [2.24, 2.45) is 0 Å². The molecule has 0 aliphatic carbocycles. The first kappa shape index (κ1) is 16.8. The van der Waals surface area contributed by atoms with E-state index < -0.39 is 0 Å². The third-order valence-electron chi connectivity index (χ3n) is 3.63. The summed E-state index contributed by atoms with van der Waals surface area (Å²) in [5.74, 6) is 1.97. The minimum atomic E-state index is -0.339. The Kier molecular flexibility index (Phi) is 5.18. The molecule has 0 atom stereocenters. The molecule has 0 bridgehead atoms. The number of rotatable bonds is 7. The van der Waals surface area contributed by atoms with E-state index in [0.29, 0.717) is 41.6 Å². The van der Waals surface area contributed by atoms with Crippen LogP contribution in [0.1, 0.15) is 30.1 Å². The molecular weight excluding hydrogens is 324 g/mol. The highest BCUT2D eigenvalue weighted by Crippen LogP contribution is 2.35. The zero-order valence-electron chi connectivity index (χ0n) is 13.8. The molecule has 130 valence electrons. The van der Waals surface area contributed by atoms with Gasteiger partial charge < -0.3 is 18.9 Å². The highest BCUT2D eigenvalue weighted by Gasteiger charge is 2.15. The van der Waals surface area contributed by atoms with Crippen molar-refractivity contribution in [2.75, 3.05) is 13.4 Å². The van der Waals surface area contributed by atoms with E-state index in [4.69, 9.17) is 18.9 Å². The summed E-state index contributed by atoms with van der Waals surface area (Å²) in [4.78, 5) is 23.1. The Balaban J connectivity index is 1.40. The van der Waals surface area contributed by atoms with Gasteiger partial charge in [0.25, 0.3) is 0 Å². The second-order valence-electron chi connectivity index (χ2n) is 5.52. The van der Waals surface area contributed by atoms with Gasteiger partial charge in [0.05, 0.1) is 6.61 Å². The molecule has 6 nitrogen and oxygen atoms in total. The number of ether oxygens (including phenoxy) is 4. The molecule has 3 rings (SSSR count). The van der Waals surface area contributed by atoms with Gasteiger partial charge in [-0.05, 0) is 49.7 Å². The fourth-order valence-electron chi connectivity index (χ4n) is 2.32. The maximum absolute atomic E-state index is 11.9. The SMILES string of the molecule is CC(=O)c1ccc(OCCCC(=O)Oc2ccc3c(c2)OCO3)cc1. The lowest BCUT2D eigenvalue weighted by Gasteiger charge is -2.07. The third kappa shape index (κ3) is 4.50. The summed E-state index contributed by atoms with van der Waals surface area (Å²) in [7, 11) is 0. The van der Waals surface area contributed by atoms with E-state index in [0.717, 1.165) is 0 Å². The summed E-state index contributed by atoms with van der Waals surface area (Å²) in [6.07, 6.45) is 0.762. The van der Waals surface area contributed by atoms with E-state index in [1.807, 2.05) is 0 Å². The molecule has 6 heteroatoms. The lowest BCUT2D eigenvalue weighted by molar-refractivity contribution is -0.134. The number of hydrogen-bond donors (Lipinski definition) is 0. The number of benzene rings is 2. The largest absolute Gasteiger partial charge is 0.494 e. The van der Waals surface area contributed by atoms with Crippen molar-refractivity contribution < 1.29 is 28.5 Å². The minimum Gasteiger partial charge on any atom is -0.494 e. The van der Waals surface area contributed by atoms with Gasteiger partial charge in [-0.2, -0.15) is 0 Å². The maximum Gasteiger partial charge on any atom is 0.311 e. The minimum absolute atomic E-state index is 0.0119. The lowest BCUT2D eigenvalue weighted by Crippen LogP contribution is -2.10. The van der Waals surface area contributed by atoms with Crippen LogP contribution in [0.5, 0.6) is 23.0 Å². The Bertz CT molecular complexity index is 766. The van der Waals surface area contributed by atoms with Gasteiger partial charge in [-0.1, -0.05) is 0 Å². The Hall–Kier alpha value is -3.02. The van der Waals surface area contributed by atoms with E-state index in [9.17, 15) is 9.59 Å². The molecular formula is C19H18O6. The van der Waals surface area contributed by atoms with Gasteiger partial charge in [0.15, 0.2) is 17.3 Å². The molecule has 0 aromatic heterocycles. The van der Waals surface area contributed by atoms with Crippen LogP contribution in [-0.2, 0) is 4.79 Å². The fraction of sp³-hybridized carbons (Fsp3) is 0.263. The summed E-state index contributed by atoms with van der Waals surface area (Å²) < 4.78 is 21.3. The van der Waals surface area contributed by atoms with Crippen molar-refractivity contribution in [3.63, 3.8) is 0 Å². The molecule has 0 saturated heterocycles. The van der Waals surface area contributed by atoms with Gasteiger partial charge in [0, 0.05) is 18.1 Å². The Labute approximate surface area is 145 Å². The van der Waals surface area contributed by atoms with Crippen LogP contribution < -0.4 is 18.9 Å². The normalized spacial score (nSPS) is 11.9. The van der Waals surface area contributed by atoms with E-state index in [1.165, 1.54) is 6.92 Å². The number of hydrogen-bond acceptors (Lipinski definition) is 6. The van der Waals surface area contributed by atoms with Crippen molar-refractivity contribution in [1.29, 1.82) is 0 Å². The Morgan fingerprint density at radius 2 is 1.72 bits per heavy atom. The molecule has 1 heterocycles. The first-order valence-corrected chi connectivity index (χ1v) is 7.96. The summed E-state index contributed by atoms with van der Waals surface area (Å²) in [5, 5.41) is 0. The van der Waals surface area contributed by atoms with Crippen LogP contribution in [0.3, 0.4) is 0 Å². The van der Waals surface area contributed by atoms with Crippen molar-refractivity contribution in [1.82, 2.24) is 0 Å². The third-order valence-corrected chi connectivity index (χ3v) is 3.63. The van der Waals surface area contributed by atoms with Crippen molar-refractivity contribution in [3.8, 4) is 23.0 Å². The van der Waals surface area contributed by atoms with Crippen LogP contribution in [-0.4, -0.2) is 25.2 Å². The van der Waals surface area contributed by atoms with Gasteiger partial charge in [-0.3, -0.25) is 9.59 Å². The number of carbonyl (C=O) groups excluding carboxylic acids is 2. The van der Waals surface area contributed by atoms with E-state index in [2.05, 4.69) is 0 Å². The molecule has 0 amide bonds. The molecule has 0 saturated carbocycles. The van der Waals surface area contributed by atoms with E-state index in [1.54, 1.807) is 42.5 Å². The molecule has 25 heavy (non-hydrogen) atoms. The first-order valence-electron chi connectivity index (χ1n) is 7.96. The topological polar surface area (TPSA) is 71.1 Å². The lowest BCUT2D eigenvalue weighted by atomic mass is 10.1. The van der Waals surface area contributed by atoms with E-state index >= 15 is 0 Å². The molecule has 0 fully saturated rings. The standard InChI is InChI=1S/C19H18O6/c1-13(20)14-4-6-15(7-5-14)22-10-2-3-19(21)25-16-8-9-17-18(11-16)24-12-23-17/h4-9,11H,2-3,10,12H2,1H3. The van der Waals surface area contributed by atoms with Crippen LogP contribution in [0.15, 0.2) is 42.5 Å². The predicted octanol–water partition coefficient (Wildman–Crippen LogP) is 3.38. The second-order valence-corrected chi connectivity index (χ2v) is 5.52. The van der Waals surface area contributed by atoms with Crippen LogP contribution in [0.25, 0.3) is 0 Å². The number of ketones is 1. The number of carbonyl (C=O) groups is 2. The zero-order chi connectivity index (χ0) is 17.6. The number of esters is 1. The van der Waals surface area contributed by atoms with Crippen molar-refractivity contribution in [3.05, 3.63) is 48.0 Å². The summed E-state index contributed by atoms with van der Waals surface area (Å²) >= 11 is 0. The Morgan fingerprint density at radius 1 is 1.00 bits per heavy atom. The fourth-order valence-corrected chi connectivity index (χ4v) is 2.32. The molecule has 0 spiro atoms. The monoisotopic (exact) mass is 342 g/mol. The number of fused-ring (bicyclic) bond motifs is 1. The smallest absolute Gasteiger partial charge is 0.311 e. The van der Waals surface area contributed by atoms with Gasteiger partial charge >= 0.3 is 5.97 Å². The van der Waals surface area contributed by atoms with Crippen LogP contribution in [0.4, 0.5) is 0 Å². The summed E-state index contributed by atoms with van der Waals surface area (Å²) in [6, 6.07) is 11.9. The van der Waals surface area contributed by atoms with Crippen LogP contribution in [0, 0.1) is 0 Å². The molecule has 1 aliphatic heterocycles. The quantitative estimate of drug-likeness (QED) is 0.332. The van der Waals surface area contributed by atoms with Gasteiger partial charge in [0.1, 0.15) is 11.5 Å². The molecule has 0 unspecified atom stereocenters. The van der Waals surface area contributed by atoms with E-state index in [-0.39, 0.29) is 25.0 Å². The van der Waals surface area contributed by atoms with Crippen molar-refractivity contribution >= 4 is 11.8 Å².